The highest BCUT2D eigenvalue weighted by atomic mass is 15.3. The van der Waals surface area contributed by atoms with Gasteiger partial charge in [-0.05, 0) is 32.7 Å². The smallest absolute Gasteiger partial charge is 0.0182 e. The van der Waals surface area contributed by atoms with Crippen LogP contribution < -0.4 is 0 Å². The van der Waals surface area contributed by atoms with E-state index in [0.717, 1.165) is 0 Å². The summed E-state index contributed by atoms with van der Waals surface area (Å²) in [6.07, 6.45) is 10.9. The number of rotatable bonds is 10. The molecule has 0 aromatic heterocycles. The predicted molar refractivity (Wildman–Crippen MR) is 90.4 cm³/mol. The quantitative estimate of drug-likeness (QED) is 0.543. The van der Waals surface area contributed by atoms with Crippen molar-refractivity contribution in [3.8, 4) is 0 Å². The molecule has 0 radical (unpaired) electrons. The van der Waals surface area contributed by atoms with Crippen molar-refractivity contribution in [3.05, 3.63) is 0 Å². The van der Waals surface area contributed by atoms with Gasteiger partial charge >= 0.3 is 0 Å². The standard InChI is InChI=1S/C18H38N2/c1-5-8-10-13-19-14-16-20(17-15-19)18(4,11-7-3)12-9-6-2/h5-17H2,1-4H3. The SMILES string of the molecule is CCCCCN1CCN(C(C)(CCC)CCCC)CC1. The molecule has 0 spiro atoms. The van der Waals surface area contributed by atoms with Crippen molar-refractivity contribution in [2.24, 2.45) is 0 Å². The molecule has 20 heavy (non-hydrogen) atoms. The van der Waals surface area contributed by atoms with Gasteiger partial charge in [0, 0.05) is 31.7 Å². The van der Waals surface area contributed by atoms with E-state index in [9.17, 15) is 0 Å². The Morgan fingerprint density at radius 3 is 1.95 bits per heavy atom. The van der Waals surface area contributed by atoms with Gasteiger partial charge in [0.1, 0.15) is 0 Å². The van der Waals surface area contributed by atoms with Gasteiger partial charge in [0.25, 0.3) is 0 Å². The van der Waals surface area contributed by atoms with Crippen molar-refractivity contribution in [1.29, 1.82) is 0 Å². The molecule has 1 atom stereocenters. The van der Waals surface area contributed by atoms with Gasteiger partial charge in [-0.3, -0.25) is 4.90 Å². The van der Waals surface area contributed by atoms with Crippen molar-refractivity contribution in [3.63, 3.8) is 0 Å². The number of piperazine rings is 1. The van der Waals surface area contributed by atoms with Gasteiger partial charge in [-0.2, -0.15) is 0 Å². The largest absolute Gasteiger partial charge is 0.301 e. The second kappa shape index (κ2) is 9.78. The Morgan fingerprint density at radius 1 is 0.750 bits per heavy atom. The zero-order chi connectivity index (χ0) is 14.8. The molecule has 0 amide bonds. The fourth-order valence-electron chi connectivity index (χ4n) is 3.63. The summed E-state index contributed by atoms with van der Waals surface area (Å²) in [5, 5.41) is 0. The maximum absolute atomic E-state index is 2.79. The van der Waals surface area contributed by atoms with Crippen LogP contribution in [0.1, 0.15) is 79.1 Å². The highest BCUT2D eigenvalue weighted by molar-refractivity contribution is 4.89. The Balaban J connectivity index is 2.39. The molecule has 2 nitrogen and oxygen atoms in total. The monoisotopic (exact) mass is 282 g/mol. The van der Waals surface area contributed by atoms with Gasteiger partial charge in [0.05, 0.1) is 0 Å². The minimum absolute atomic E-state index is 0.459. The van der Waals surface area contributed by atoms with Crippen LogP contribution in [0.3, 0.4) is 0 Å². The Morgan fingerprint density at radius 2 is 1.40 bits per heavy atom. The van der Waals surface area contributed by atoms with Gasteiger partial charge in [-0.15, -0.1) is 0 Å². The Bertz CT molecular complexity index is 234. The van der Waals surface area contributed by atoms with Gasteiger partial charge in [0.2, 0.25) is 0 Å². The van der Waals surface area contributed by atoms with E-state index in [2.05, 4.69) is 37.5 Å². The summed E-state index contributed by atoms with van der Waals surface area (Å²) in [5.41, 5.74) is 0.459. The van der Waals surface area contributed by atoms with Crippen LogP contribution in [-0.4, -0.2) is 48.1 Å². The molecule has 120 valence electrons. The van der Waals surface area contributed by atoms with Crippen molar-refractivity contribution in [1.82, 2.24) is 9.80 Å². The van der Waals surface area contributed by atoms with E-state index < -0.39 is 0 Å². The fourth-order valence-corrected chi connectivity index (χ4v) is 3.63. The lowest BCUT2D eigenvalue weighted by molar-refractivity contribution is 0.0289. The van der Waals surface area contributed by atoms with E-state index in [1.807, 2.05) is 0 Å². The summed E-state index contributed by atoms with van der Waals surface area (Å²) >= 11 is 0. The maximum Gasteiger partial charge on any atom is 0.0182 e. The summed E-state index contributed by atoms with van der Waals surface area (Å²) in [5.74, 6) is 0. The molecule has 0 aromatic rings. The molecule has 1 heterocycles. The first-order valence-electron chi connectivity index (χ1n) is 9.13. The van der Waals surface area contributed by atoms with Crippen LogP contribution >= 0.6 is 0 Å². The van der Waals surface area contributed by atoms with E-state index in [-0.39, 0.29) is 0 Å². The molecule has 1 rings (SSSR count). The van der Waals surface area contributed by atoms with Crippen LogP contribution in [0.15, 0.2) is 0 Å². The lowest BCUT2D eigenvalue weighted by atomic mass is 9.87. The lowest BCUT2D eigenvalue weighted by Crippen LogP contribution is -2.55. The molecule has 0 N–H and O–H groups in total. The van der Waals surface area contributed by atoms with Crippen molar-refractivity contribution < 1.29 is 0 Å². The summed E-state index contributed by atoms with van der Waals surface area (Å²) in [4.78, 5) is 5.47. The number of unbranched alkanes of at least 4 members (excludes halogenated alkanes) is 3. The molecule has 1 aliphatic rings. The lowest BCUT2D eigenvalue weighted by Gasteiger charge is -2.46. The third-order valence-corrected chi connectivity index (χ3v) is 5.07. The first-order valence-corrected chi connectivity index (χ1v) is 9.13. The van der Waals surface area contributed by atoms with Crippen LogP contribution in [0.5, 0.6) is 0 Å². The van der Waals surface area contributed by atoms with Crippen molar-refractivity contribution in [2.45, 2.75) is 84.6 Å². The zero-order valence-electron chi connectivity index (χ0n) is 14.6. The topological polar surface area (TPSA) is 6.48 Å². The molecule has 0 saturated carbocycles. The van der Waals surface area contributed by atoms with Crippen LogP contribution in [0, 0.1) is 0 Å². The number of hydrogen-bond donors (Lipinski definition) is 0. The summed E-state index contributed by atoms with van der Waals surface area (Å²) < 4.78 is 0. The van der Waals surface area contributed by atoms with E-state index in [4.69, 9.17) is 0 Å². The molecule has 0 bridgehead atoms. The van der Waals surface area contributed by atoms with E-state index in [1.54, 1.807) is 0 Å². The van der Waals surface area contributed by atoms with Crippen LogP contribution in [0.25, 0.3) is 0 Å². The Kier molecular flexibility index (Phi) is 8.79. The fraction of sp³-hybridized carbons (Fsp3) is 1.00. The molecule has 0 aromatic carbocycles. The van der Waals surface area contributed by atoms with E-state index >= 15 is 0 Å². The van der Waals surface area contributed by atoms with Crippen LogP contribution in [-0.2, 0) is 0 Å². The molecule has 1 saturated heterocycles. The normalized spacial score (nSPS) is 21.0. The highest BCUT2D eigenvalue weighted by Gasteiger charge is 2.32. The third-order valence-electron chi connectivity index (χ3n) is 5.07. The molecule has 1 fully saturated rings. The Labute approximate surface area is 127 Å². The first-order chi connectivity index (χ1) is 9.66. The van der Waals surface area contributed by atoms with Crippen molar-refractivity contribution >= 4 is 0 Å². The highest BCUT2D eigenvalue weighted by Crippen LogP contribution is 2.28. The summed E-state index contributed by atoms with van der Waals surface area (Å²) in [6.45, 7) is 15.9. The predicted octanol–water partition coefficient (Wildman–Crippen LogP) is 4.54. The molecule has 1 aliphatic heterocycles. The minimum Gasteiger partial charge on any atom is -0.301 e. The van der Waals surface area contributed by atoms with Gasteiger partial charge in [0.15, 0.2) is 0 Å². The maximum atomic E-state index is 2.79. The van der Waals surface area contributed by atoms with Crippen LogP contribution in [0.2, 0.25) is 0 Å². The van der Waals surface area contributed by atoms with E-state index in [0.29, 0.717) is 5.54 Å². The second-order valence-electron chi connectivity index (χ2n) is 6.89. The van der Waals surface area contributed by atoms with Crippen LogP contribution in [0.4, 0.5) is 0 Å². The van der Waals surface area contributed by atoms with E-state index in [1.165, 1.54) is 84.1 Å². The van der Waals surface area contributed by atoms with Gasteiger partial charge in [-0.1, -0.05) is 52.9 Å². The molecule has 1 unspecified atom stereocenters. The number of hydrogen-bond acceptors (Lipinski definition) is 2. The average molecular weight is 283 g/mol. The van der Waals surface area contributed by atoms with Crippen molar-refractivity contribution in [2.75, 3.05) is 32.7 Å². The summed E-state index contributed by atoms with van der Waals surface area (Å²) in [7, 11) is 0. The van der Waals surface area contributed by atoms with Gasteiger partial charge < -0.3 is 4.90 Å². The number of nitrogens with zero attached hydrogens (tertiary/aromatic N) is 2. The molecular weight excluding hydrogens is 244 g/mol. The molecule has 2 heteroatoms. The second-order valence-corrected chi connectivity index (χ2v) is 6.89. The molecule has 0 aliphatic carbocycles. The first kappa shape index (κ1) is 18.0. The molecular formula is C18H38N2. The zero-order valence-corrected chi connectivity index (χ0v) is 14.6. The van der Waals surface area contributed by atoms with Gasteiger partial charge in [-0.25, -0.2) is 0 Å². The minimum atomic E-state index is 0.459. The average Bonchev–Trinajstić information content (AvgIpc) is 2.46. The summed E-state index contributed by atoms with van der Waals surface area (Å²) in [6, 6.07) is 0. The third kappa shape index (κ3) is 5.73. The Hall–Kier alpha value is -0.0800.